The summed E-state index contributed by atoms with van der Waals surface area (Å²) in [5.74, 6) is -0.0666. The van der Waals surface area contributed by atoms with Crippen LogP contribution in [-0.2, 0) is 10.2 Å². The molecule has 3 nitrogen and oxygen atoms in total. The van der Waals surface area contributed by atoms with Crippen LogP contribution in [0.5, 0.6) is 0 Å². The molecule has 1 heterocycles. The number of hydrogen-bond donors (Lipinski definition) is 1. The molecule has 0 saturated heterocycles. The second kappa shape index (κ2) is 8.64. The van der Waals surface area contributed by atoms with Crippen molar-refractivity contribution in [2.45, 2.75) is 19.3 Å². The first-order valence-electron chi connectivity index (χ1n) is 10.9. The fraction of sp³-hybridized carbons (Fsp3) is 0.103. The van der Waals surface area contributed by atoms with Gasteiger partial charge in [-0.05, 0) is 66.9 Å². The highest BCUT2D eigenvalue weighted by Crippen LogP contribution is 2.34. The molecule has 162 valence electrons. The Bertz CT molecular complexity index is 1370. The molecule has 0 radical (unpaired) electrons. The molecule has 0 aliphatic carbocycles. The van der Waals surface area contributed by atoms with Crippen LogP contribution in [0.4, 0.5) is 5.69 Å². The standard InChI is InChI=1S/C29H24N2OS/c1-20-13-18-25-26(19-20)33-27(31-25)21-14-16-24(17-15-21)30-28(32)29(2,22-9-5-3-6-10-22)23-11-7-4-8-12-23/h3-19H,1-2H3,(H,30,32). The summed E-state index contributed by atoms with van der Waals surface area (Å²) >= 11 is 1.68. The van der Waals surface area contributed by atoms with Gasteiger partial charge in [-0.1, -0.05) is 66.7 Å². The number of thiazole rings is 1. The number of aromatic nitrogens is 1. The highest BCUT2D eigenvalue weighted by molar-refractivity contribution is 7.21. The van der Waals surface area contributed by atoms with E-state index in [9.17, 15) is 4.79 Å². The van der Waals surface area contributed by atoms with E-state index in [0.29, 0.717) is 0 Å². The van der Waals surface area contributed by atoms with Crippen molar-refractivity contribution >= 4 is 33.1 Å². The van der Waals surface area contributed by atoms with E-state index >= 15 is 0 Å². The molecule has 0 spiro atoms. The highest BCUT2D eigenvalue weighted by atomic mass is 32.1. The lowest BCUT2D eigenvalue weighted by molar-refractivity contribution is -0.119. The monoisotopic (exact) mass is 448 g/mol. The van der Waals surface area contributed by atoms with Crippen LogP contribution in [-0.4, -0.2) is 10.9 Å². The van der Waals surface area contributed by atoms with Crippen LogP contribution in [0, 0.1) is 6.92 Å². The number of rotatable bonds is 5. The average molecular weight is 449 g/mol. The van der Waals surface area contributed by atoms with Crippen molar-refractivity contribution in [3.05, 3.63) is 120 Å². The van der Waals surface area contributed by atoms with Crippen LogP contribution in [0.15, 0.2) is 103 Å². The predicted octanol–water partition coefficient (Wildman–Crippen LogP) is 7.22. The van der Waals surface area contributed by atoms with E-state index in [1.807, 2.05) is 91.9 Å². The molecule has 0 aliphatic rings. The number of benzene rings is 4. The van der Waals surface area contributed by atoms with Crippen LogP contribution in [0.25, 0.3) is 20.8 Å². The number of nitrogens with one attached hydrogen (secondary N) is 1. The van der Waals surface area contributed by atoms with Crippen molar-refractivity contribution in [2.24, 2.45) is 0 Å². The minimum atomic E-state index is -0.813. The molecule has 1 aromatic heterocycles. The SMILES string of the molecule is Cc1ccc2nc(-c3ccc(NC(=O)C(C)(c4ccccc4)c4ccccc4)cc3)sc2c1. The molecule has 4 aromatic carbocycles. The largest absolute Gasteiger partial charge is 0.325 e. The van der Waals surface area contributed by atoms with E-state index in [2.05, 4.69) is 30.4 Å². The van der Waals surface area contributed by atoms with Gasteiger partial charge < -0.3 is 5.32 Å². The van der Waals surface area contributed by atoms with E-state index in [4.69, 9.17) is 4.98 Å². The Kier molecular flexibility index (Phi) is 5.53. The van der Waals surface area contributed by atoms with Crippen LogP contribution < -0.4 is 5.32 Å². The topological polar surface area (TPSA) is 42.0 Å². The Morgan fingerprint density at radius 3 is 2.03 bits per heavy atom. The van der Waals surface area contributed by atoms with Gasteiger partial charge in [0.1, 0.15) is 5.01 Å². The van der Waals surface area contributed by atoms with Gasteiger partial charge in [0.15, 0.2) is 0 Å². The molecule has 5 rings (SSSR count). The van der Waals surface area contributed by atoms with Gasteiger partial charge in [-0.15, -0.1) is 11.3 Å². The maximum atomic E-state index is 13.6. The summed E-state index contributed by atoms with van der Waals surface area (Å²) in [6, 6.07) is 34.1. The van der Waals surface area contributed by atoms with E-state index in [1.54, 1.807) is 11.3 Å². The molecule has 1 amide bonds. The molecule has 5 aromatic rings. The number of carbonyl (C=O) groups is 1. The molecular weight excluding hydrogens is 424 g/mol. The van der Waals surface area contributed by atoms with Gasteiger partial charge in [0, 0.05) is 11.3 Å². The van der Waals surface area contributed by atoms with Gasteiger partial charge in [0.05, 0.1) is 15.6 Å². The molecule has 0 bridgehead atoms. The minimum Gasteiger partial charge on any atom is -0.325 e. The third kappa shape index (κ3) is 4.06. The maximum absolute atomic E-state index is 13.6. The second-order valence-electron chi connectivity index (χ2n) is 8.38. The van der Waals surface area contributed by atoms with Crippen molar-refractivity contribution < 1.29 is 4.79 Å². The third-order valence-electron chi connectivity index (χ3n) is 6.09. The number of fused-ring (bicyclic) bond motifs is 1. The van der Waals surface area contributed by atoms with E-state index < -0.39 is 5.41 Å². The van der Waals surface area contributed by atoms with Crippen LogP contribution >= 0.6 is 11.3 Å². The van der Waals surface area contributed by atoms with Gasteiger partial charge >= 0.3 is 0 Å². The molecule has 0 aliphatic heterocycles. The molecule has 0 fully saturated rings. The summed E-state index contributed by atoms with van der Waals surface area (Å²) in [6.07, 6.45) is 0. The van der Waals surface area contributed by atoms with Gasteiger partial charge in [-0.3, -0.25) is 4.79 Å². The summed E-state index contributed by atoms with van der Waals surface area (Å²) < 4.78 is 1.18. The lowest BCUT2D eigenvalue weighted by Gasteiger charge is -2.29. The number of amides is 1. The Balaban J connectivity index is 1.43. The number of anilines is 1. The van der Waals surface area contributed by atoms with Crippen molar-refractivity contribution in [3.63, 3.8) is 0 Å². The summed E-state index contributed by atoms with van der Waals surface area (Å²) in [6.45, 7) is 4.07. The Labute approximate surface area is 197 Å². The molecule has 0 atom stereocenters. The molecular formula is C29H24N2OS. The number of carbonyl (C=O) groups excluding carboxylic acids is 1. The van der Waals surface area contributed by atoms with Crippen molar-refractivity contribution in [1.82, 2.24) is 4.98 Å². The zero-order valence-electron chi connectivity index (χ0n) is 18.6. The Hall–Kier alpha value is -3.76. The quantitative estimate of drug-likeness (QED) is 0.308. The first-order chi connectivity index (χ1) is 16.0. The van der Waals surface area contributed by atoms with Crippen molar-refractivity contribution in [2.75, 3.05) is 5.32 Å². The smallest absolute Gasteiger partial charge is 0.239 e. The summed E-state index contributed by atoms with van der Waals surface area (Å²) in [7, 11) is 0. The lowest BCUT2D eigenvalue weighted by Crippen LogP contribution is -2.38. The first-order valence-corrected chi connectivity index (χ1v) is 11.8. The molecule has 33 heavy (non-hydrogen) atoms. The van der Waals surface area contributed by atoms with E-state index in [-0.39, 0.29) is 5.91 Å². The van der Waals surface area contributed by atoms with E-state index in [1.165, 1.54) is 10.3 Å². The number of hydrogen-bond acceptors (Lipinski definition) is 3. The van der Waals surface area contributed by atoms with Crippen LogP contribution in [0.3, 0.4) is 0 Å². The van der Waals surface area contributed by atoms with Crippen LogP contribution in [0.1, 0.15) is 23.6 Å². The zero-order chi connectivity index (χ0) is 22.8. The zero-order valence-corrected chi connectivity index (χ0v) is 19.4. The fourth-order valence-corrected chi connectivity index (χ4v) is 5.15. The Morgan fingerprint density at radius 2 is 1.42 bits per heavy atom. The van der Waals surface area contributed by atoms with Crippen molar-refractivity contribution in [3.8, 4) is 10.6 Å². The molecule has 0 unspecified atom stereocenters. The molecule has 0 saturated carbocycles. The number of aryl methyl sites for hydroxylation is 1. The van der Waals surface area contributed by atoms with Gasteiger partial charge in [0.25, 0.3) is 0 Å². The van der Waals surface area contributed by atoms with Gasteiger partial charge in [-0.25, -0.2) is 4.98 Å². The first kappa shape index (κ1) is 21.1. The molecule has 4 heteroatoms. The number of nitrogens with zero attached hydrogens (tertiary/aromatic N) is 1. The summed E-state index contributed by atoms with van der Waals surface area (Å²) in [5, 5.41) is 4.11. The highest BCUT2D eigenvalue weighted by Gasteiger charge is 2.37. The average Bonchev–Trinajstić information content (AvgIpc) is 3.28. The maximum Gasteiger partial charge on any atom is 0.239 e. The third-order valence-corrected chi connectivity index (χ3v) is 7.16. The van der Waals surface area contributed by atoms with Gasteiger partial charge in [0.2, 0.25) is 5.91 Å². The normalized spacial score (nSPS) is 11.5. The van der Waals surface area contributed by atoms with E-state index in [0.717, 1.165) is 32.9 Å². The summed E-state index contributed by atoms with van der Waals surface area (Å²) in [4.78, 5) is 18.4. The predicted molar refractivity (Wildman–Crippen MR) is 138 cm³/mol. The van der Waals surface area contributed by atoms with Crippen molar-refractivity contribution in [1.29, 1.82) is 0 Å². The Morgan fingerprint density at radius 1 is 0.818 bits per heavy atom. The summed E-state index contributed by atoms with van der Waals surface area (Å²) in [5.41, 5.74) is 5.14. The van der Waals surface area contributed by atoms with Crippen LogP contribution in [0.2, 0.25) is 0 Å². The van der Waals surface area contributed by atoms with Gasteiger partial charge in [-0.2, -0.15) is 0 Å². The molecule has 1 N–H and O–H groups in total. The lowest BCUT2D eigenvalue weighted by atomic mass is 9.75. The second-order valence-corrected chi connectivity index (χ2v) is 9.41. The fourth-order valence-electron chi connectivity index (χ4n) is 4.08. The minimum absolute atomic E-state index is 0.0666.